The molecule has 2 saturated carbocycles. The van der Waals surface area contributed by atoms with Crippen LogP contribution in [-0.4, -0.2) is 167 Å². The van der Waals surface area contributed by atoms with Crippen LogP contribution in [0, 0.1) is 11.8 Å². The summed E-state index contributed by atoms with van der Waals surface area (Å²) in [5.74, 6) is 0.573. The number of carbonyl (C=O) groups is 2. The number of esters is 1. The van der Waals surface area contributed by atoms with Crippen molar-refractivity contribution in [2.24, 2.45) is 11.8 Å². The van der Waals surface area contributed by atoms with Gasteiger partial charge in [-0.15, -0.1) is 0 Å². The number of Topliss-reactive ketones (excluding diaryl/α,β-unsaturated/α-hetero) is 1. The van der Waals surface area contributed by atoms with E-state index in [0.717, 1.165) is 56.9 Å². The summed E-state index contributed by atoms with van der Waals surface area (Å²) in [6.45, 7) is 10.2. The monoisotopic (exact) mass is 975 g/mol. The number of aliphatic hydroxyl groups is 2. The van der Waals surface area contributed by atoms with E-state index in [1.807, 2.05) is 24.3 Å². The number of hydrogen-bond donors (Lipinski definition) is 2. The molecule has 2 aliphatic rings. The van der Waals surface area contributed by atoms with Gasteiger partial charge in [-0.1, -0.05) is 62.8 Å². The maximum absolute atomic E-state index is 14.1. The average Bonchev–Trinajstić information content (AvgIpc) is 3.74. The van der Waals surface area contributed by atoms with E-state index >= 15 is 0 Å². The van der Waals surface area contributed by atoms with Gasteiger partial charge in [0, 0.05) is 24.7 Å². The van der Waals surface area contributed by atoms with Gasteiger partial charge in [-0.2, -0.15) is 0 Å². The third-order valence-corrected chi connectivity index (χ3v) is 11.7. The van der Waals surface area contributed by atoms with Crippen molar-refractivity contribution in [3.05, 3.63) is 56.7 Å². The summed E-state index contributed by atoms with van der Waals surface area (Å²) in [5, 5.41) is 17.0. The third kappa shape index (κ3) is 21.8. The Bertz CT molecular complexity index is 2000. The molecule has 0 saturated heterocycles. The first-order chi connectivity index (χ1) is 33.8. The minimum Gasteiger partial charge on any atom is -0.466 e. The Morgan fingerprint density at radius 1 is 0.594 bits per heavy atom. The summed E-state index contributed by atoms with van der Waals surface area (Å²) < 4.78 is 51.7. The van der Waals surface area contributed by atoms with Gasteiger partial charge in [0.1, 0.15) is 11.6 Å². The lowest BCUT2D eigenvalue weighted by atomic mass is 9.89. The van der Waals surface area contributed by atoms with Crippen molar-refractivity contribution < 1.29 is 62.4 Å². The van der Waals surface area contributed by atoms with E-state index in [0.29, 0.717) is 153 Å². The lowest BCUT2D eigenvalue weighted by molar-refractivity contribution is -0.134. The van der Waals surface area contributed by atoms with Crippen LogP contribution in [0.15, 0.2) is 39.9 Å². The van der Waals surface area contributed by atoms with E-state index in [1.165, 1.54) is 37.5 Å². The minimum atomic E-state index is -0.447. The number of nitrogens with zero attached hydrogens (tertiary/aromatic N) is 4. The van der Waals surface area contributed by atoms with E-state index in [-0.39, 0.29) is 36.8 Å². The highest BCUT2D eigenvalue weighted by atomic mass is 16.6. The first-order valence-electron chi connectivity index (χ1n) is 24.7. The van der Waals surface area contributed by atoms with Crippen molar-refractivity contribution >= 4 is 29.0 Å². The summed E-state index contributed by atoms with van der Waals surface area (Å²) in [6, 6.07) is 7.36. The van der Waals surface area contributed by atoms with Crippen LogP contribution in [0.1, 0.15) is 76.7 Å². The van der Waals surface area contributed by atoms with Crippen LogP contribution in [0.2, 0.25) is 0 Å². The predicted molar refractivity (Wildman–Crippen MR) is 259 cm³/mol. The number of carbonyl (C=O) groups excluding carboxylic acids is 2. The SMILES string of the molecule is COC(=O)/C=C/c1ccc(-c2nc3c(c(=O)n(CC4CCCCC4)c(=O)n3CC3CCCCC3)n2CC(C)=O)cc1.OCCOCCOCCOCCOCCOCCOCCOCCOCCO. The molecular weight excluding hydrogens is 897 g/mol. The Labute approximate surface area is 405 Å². The lowest BCUT2D eigenvalue weighted by Gasteiger charge is -2.25. The molecule has 0 spiro atoms. The molecular formula is C50H78N4O15. The van der Waals surface area contributed by atoms with Crippen molar-refractivity contribution in [1.82, 2.24) is 18.7 Å². The standard InChI is InChI=1S/C32H40N4O5.C18H38O10/c1-22(37)19-34-28-30(33-29(34)26-16-13-23(14-17-26)15-18-27(38)41-2)35(20-24-9-5-3-6-10-24)32(40)36(31(28)39)21-25-11-7-4-8-12-25;19-1-3-21-5-7-23-9-11-25-13-15-27-17-18-28-16-14-26-12-10-24-8-6-22-4-2-20/h13-18,24-25H,3-12,19-21H2,1-2H3;19-20H,1-18H2/b18-15+;. The number of imidazole rings is 1. The second kappa shape index (κ2) is 35.0. The molecule has 0 radical (unpaired) electrons. The van der Waals surface area contributed by atoms with Crippen LogP contribution in [0.5, 0.6) is 0 Å². The Balaban J connectivity index is 0.000000326. The van der Waals surface area contributed by atoms with E-state index in [1.54, 1.807) is 15.2 Å². The van der Waals surface area contributed by atoms with Gasteiger partial charge >= 0.3 is 11.7 Å². The van der Waals surface area contributed by atoms with E-state index in [4.69, 9.17) is 53.1 Å². The van der Waals surface area contributed by atoms with E-state index in [9.17, 15) is 19.2 Å². The molecule has 0 atom stereocenters. The second-order valence-corrected chi connectivity index (χ2v) is 17.0. The van der Waals surface area contributed by atoms with Crippen LogP contribution in [0.25, 0.3) is 28.6 Å². The Hall–Kier alpha value is -4.15. The Morgan fingerprint density at radius 3 is 1.39 bits per heavy atom. The topological polar surface area (TPSA) is 219 Å². The number of aromatic nitrogens is 4. The average molecular weight is 975 g/mol. The molecule has 19 heteroatoms. The maximum Gasteiger partial charge on any atom is 0.332 e. The third-order valence-electron chi connectivity index (χ3n) is 11.7. The molecule has 0 bridgehead atoms. The number of fused-ring (bicyclic) bond motifs is 1. The highest BCUT2D eigenvalue weighted by Gasteiger charge is 2.27. The van der Waals surface area contributed by atoms with Crippen molar-refractivity contribution in [3.8, 4) is 11.4 Å². The Kier molecular flexibility index (Phi) is 29.2. The number of ketones is 1. The number of ether oxygens (including phenoxy) is 9. The van der Waals surface area contributed by atoms with Gasteiger partial charge in [0.05, 0.1) is 133 Å². The molecule has 2 heterocycles. The van der Waals surface area contributed by atoms with E-state index < -0.39 is 5.97 Å². The zero-order valence-corrected chi connectivity index (χ0v) is 41.0. The molecule has 1 aromatic carbocycles. The van der Waals surface area contributed by atoms with Crippen molar-refractivity contribution in [3.63, 3.8) is 0 Å². The van der Waals surface area contributed by atoms with Gasteiger partial charge in [-0.05, 0) is 56.1 Å². The Morgan fingerprint density at radius 2 is 1.00 bits per heavy atom. The van der Waals surface area contributed by atoms with Crippen LogP contribution in [0.3, 0.4) is 0 Å². The molecule has 19 nitrogen and oxygen atoms in total. The summed E-state index contributed by atoms with van der Waals surface area (Å²) in [5.41, 5.74) is 1.52. The molecule has 0 aliphatic heterocycles. The van der Waals surface area contributed by atoms with Crippen LogP contribution < -0.4 is 11.2 Å². The normalized spacial score (nSPS) is 14.7. The molecule has 2 N–H and O–H groups in total. The summed E-state index contributed by atoms with van der Waals surface area (Å²) in [7, 11) is 1.33. The van der Waals surface area contributed by atoms with Gasteiger partial charge in [0.2, 0.25) is 0 Å². The largest absolute Gasteiger partial charge is 0.466 e. The van der Waals surface area contributed by atoms with Gasteiger partial charge in [-0.3, -0.25) is 18.7 Å². The number of rotatable bonds is 34. The van der Waals surface area contributed by atoms with Crippen molar-refractivity contribution in [1.29, 1.82) is 0 Å². The number of benzene rings is 1. The highest BCUT2D eigenvalue weighted by Crippen LogP contribution is 2.29. The summed E-state index contributed by atoms with van der Waals surface area (Å²) >= 11 is 0. The number of methoxy groups -OCH3 is 1. The first-order valence-corrected chi connectivity index (χ1v) is 24.7. The van der Waals surface area contributed by atoms with Crippen molar-refractivity contribution in [2.45, 2.75) is 90.8 Å². The zero-order valence-electron chi connectivity index (χ0n) is 41.0. The molecule has 388 valence electrons. The molecule has 0 unspecified atom stereocenters. The lowest BCUT2D eigenvalue weighted by Crippen LogP contribution is -2.43. The highest BCUT2D eigenvalue weighted by molar-refractivity contribution is 5.87. The zero-order chi connectivity index (χ0) is 49.3. The number of hydrogen-bond acceptors (Lipinski definition) is 16. The molecule has 2 fully saturated rings. The van der Waals surface area contributed by atoms with Crippen LogP contribution >= 0.6 is 0 Å². The smallest absolute Gasteiger partial charge is 0.332 e. The quantitative estimate of drug-likeness (QED) is 0.0490. The molecule has 2 aliphatic carbocycles. The fourth-order valence-corrected chi connectivity index (χ4v) is 8.22. The molecule has 3 aromatic rings. The van der Waals surface area contributed by atoms with Crippen molar-refractivity contribution in [2.75, 3.05) is 126 Å². The fourth-order valence-electron chi connectivity index (χ4n) is 8.22. The minimum absolute atomic E-state index is 0.0177. The van der Waals surface area contributed by atoms with E-state index in [2.05, 4.69) is 4.74 Å². The van der Waals surface area contributed by atoms with Crippen LogP contribution in [-0.2, 0) is 71.9 Å². The molecule has 2 aromatic heterocycles. The molecule has 69 heavy (non-hydrogen) atoms. The number of aliphatic hydroxyl groups excluding tert-OH is 2. The molecule has 0 amide bonds. The summed E-state index contributed by atoms with van der Waals surface area (Å²) in [4.78, 5) is 56.9. The second-order valence-electron chi connectivity index (χ2n) is 17.0. The fraction of sp³-hybridized carbons (Fsp3) is 0.700. The van der Waals surface area contributed by atoms with Gasteiger partial charge in [0.15, 0.2) is 11.2 Å². The maximum atomic E-state index is 14.1. The predicted octanol–water partition coefficient (Wildman–Crippen LogP) is 4.07. The van der Waals surface area contributed by atoms with Gasteiger partial charge < -0.3 is 57.4 Å². The molecule has 5 rings (SSSR count). The first kappa shape index (κ1) is 57.4. The van der Waals surface area contributed by atoms with Gasteiger partial charge in [-0.25, -0.2) is 14.6 Å². The van der Waals surface area contributed by atoms with Crippen LogP contribution in [0.4, 0.5) is 0 Å². The summed E-state index contributed by atoms with van der Waals surface area (Å²) in [6.07, 6.45) is 14.1. The van der Waals surface area contributed by atoms with Gasteiger partial charge in [0.25, 0.3) is 5.56 Å².